The van der Waals surface area contributed by atoms with Crippen LogP contribution in [-0.2, 0) is 9.53 Å². The highest BCUT2D eigenvalue weighted by molar-refractivity contribution is 6.38. The average molecular weight is 327 g/mol. The van der Waals surface area contributed by atoms with Crippen molar-refractivity contribution in [1.82, 2.24) is 0 Å². The van der Waals surface area contributed by atoms with E-state index in [1.54, 1.807) is 6.92 Å². The van der Waals surface area contributed by atoms with Crippen LogP contribution < -0.4 is 0 Å². The second kappa shape index (κ2) is 6.93. The third kappa shape index (κ3) is 3.96. The molecule has 0 aromatic heterocycles. The minimum atomic E-state index is -1.18. The molecule has 8 heteroatoms. The maximum absolute atomic E-state index is 11.5. The third-order valence-electron chi connectivity index (χ3n) is 2.26. The highest BCUT2D eigenvalue weighted by Gasteiger charge is 2.29. The summed E-state index contributed by atoms with van der Waals surface area (Å²) >= 11 is 17.8. The first-order valence-electron chi connectivity index (χ1n) is 5.27. The number of carbonyl (C=O) groups excluding carboxylic acids is 1. The number of nitro benzene ring substituents is 1. The SMILES string of the molecule is CCOC(=O)C(Cl)C(Cl)c1cc([N+](=O)[O-])ccc1Cl. The van der Waals surface area contributed by atoms with Gasteiger partial charge in [-0.05, 0) is 18.6 Å². The van der Waals surface area contributed by atoms with Crippen molar-refractivity contribution < 1.29 is 14.5 Å². The zero-order valence-electron chi connectivity index (χ0n) is 9.81. The van der Waals surface area contributed by atoms with Crippen LogP contribution in [0.5, 0.6) is 0 Å². The molecule has 19 heavy (non-hydrogen) atoms. The van der Waals surface area contributed by atoms with Crippen molar-refractivity contribution in [2.45, 2.75) is 17.7 Å². The van der Waals surface area contributed by atoms with Crippen LogP contribution in [0.15, 0.2) is 18.2 Å². The molecular formula is C11H10Cl3NO4. The Morgan fingerprint density at radius 2 is 2.11 bits per heavy atom. The van der Waals surface area contributed by atoms with Crippen LogP contribution in [0.2, 0.25) is 5.02 Å². The van der Waals surface area contributed by atoms with E-state index in [1.165, 1.54) is 18.2 Å². The van der Waals surface area contributed by atoms with Gasteiger partial charge in [-0.3, -0.25) is 14.9 Å². The lowest BCUT2D eigenvalue weighted by Gasteiger charge is -2.16. The number of halogens is 3. The monoisotopic (exact) mass is 325 g/mol. The van der Waals surface area contributed by atoms with Crippen LogP contribution in [0.3, 0.4) is 0 Å². The molecule has 0 radical (unpaired) electrons. The van der Waals surface area contributed by atoms with Crippen molar-refractivity contribution in [3.8, 4) is 0 Å². The molecule has 2 unspecified atom stereocenters. The Labute approximate surface area is 124 Å². The van der Waals surface area contributed by atoms with Crippen LogP contribution in [0.4, 0.5) is 5.69 Å². The number of ether oxygens (including phenoxy) is 1. The number of esters is 1. The van der Waals surface area contributed by atoms with Gasteiger partial charge in [0.25, 0.3) is 5.69 Å². The predicted octanol–water partition coefficient (Wildman–Crippen LogP) is 3.70. The fraction of sp³-hybridized carbons (Fsp3) is 0.364. The molecule has 0 bridgehead atoms. The van der Waals surface area contributed by atoms with Crippen LogP contribution in [0.1, 0.15) is 17.9 Å². The van der Waals surface area contributed by atoms with E-state index in [-0.39, 0.29) is 22.9 Å². The summed E-state index contributed by atoms with van der Waals surface area (Å²) in [4.78, 5) is 21.6. The van der Waals surface area contributed by atoms with E-state index in [4.69, 9.17) is 39.5 Å². The van der Waals surface area contributed by atoms with Crippen LogP contribution in [0, 0.1) is 10.1 Å². The Hall–Kier alpha value is -1.04. The van der Waals surface area contributed by atoms with Gasteiger partial charge in [0.1, 0.15) is 0 Å². The average Bonchev–Trinajstić information content (AvgIpc) is 2.37. The van der Waals surface area contributed by atoms with E-state index >= 15 is 0 Å². The summed E-state index contributed by atoms with van der Waals surface area (Å²) < 4.78 is 4.73. The van der Waals surface area contributed by atoms with Crippen molar-refractivity contribution in [2.75, 3.05) is 6.61 Å². The number of benzene rings is 1. The minimum Gasteiger partial charge on any atom is -0.465 e. The van der Waals surface area contributed by atoms with Crippen LogP contribution >= 0.6 is 34.8 Å². The van der Waals surface area contributed by atoms with Gasteiger partial charge in [-0.25, -0.2) is 0 Å². The molecule has 0 aliphatic heterocycles. The largest absolute Gasteiger partial charge is 0.465 e. The fourth-order valence-corrected chi connectivity index (χ4v) is 2.13. The van der Waals surface area contributed by atoms with Crippen molar-refractivity contribution in [3.63, 3.8) is 0 Å². The van der Waals surface area contributed by atoms with E-state index in [0.29, 0.717) is 0 Å². The van der Waals surface area contributed by atoms with E-state index in [0.717, 1.165) is 0 Å². The molecule has 2 atom stereocenters. The third-order valence-corrected chi connectivity index (χ3v) is 3.65. The highest BCUT2D eigenvalue weighted by Crippen LogP contribution is 2.35. The normalized spacial score (nSPS) is 13.7. The number of hydrogen-bond donors (Lipinski definition) is 0. The van der Waals surface area contributed by atoms with Gasteiger partial charge in [0.2, 0.25) is 0 Å². The molecule has 0 saturated carbocycles. The minimum absolute atomic E-state index is 0.161. The van der Waals surface area contributed by atoms with Gasteiger partial charge in [-0.15, -0.1) is 23.2 Å². The van der Waals surface area contributed by atoms with Gasteiger partial charge in [0.05, 0.1) is 16.9 Å². The first-order valence-corrected chi connectivity index (χ1v) is 6.52. The number of non-ortho nitro benzene ring substituents is 1. The molecule has 0 spiro atoms. The van der Waals surface area contributed by atoms with Crippen molar-refractivity contribution in [3.05, 3.63) is 38.9 Å². The summed E-state index contributed by atoms with van der Waals surface area (Å²) in [5.74, 6) is -0.702. The van der Waals surface area contributed by atoms with E-state index in [2.05, 4.69) is 0 Å². The Kier molecular flexibility index (Phi) is 5.85. The lowest BCUT2D eigenvalue weighted by molar-refractivity contribution is -0.384. The number of nitrogens with zero attached hydrogens (tertiary/aromatic N) is 1. The van der Waals surface area contributed by atoms with Gasteiger partial charge in [0, 0.05) is 17.2 Å². The number of nitro groups is 1. The zero-order valence-corrected chi connectivity index (χ0v) is 12.1. The molecular weight excluding hydrogens is 316 g/mol. The van der Waals surface area contributed by atoms with Crippen molar-refractivity contribution >= 4 is 46.5 Å². The number of carbonyl (C=O) groups is 1. The predicted molar refractivity (Wildman–Crippen MR) is 73.0 cm³/mol. The molecule has 1 rings (SSSR count). The highest BCUT2D eigenvalue weighted by atomic mass is 35.5. The van der Waals surface area contributed by atoms with Gasteiger partial charge in [-0.1, -0.05) is 11.6 Å². The van der Waals surface area contributed by atoms with Gasteiger partial charge < -0.3 is 4.74 Å². The number of alkyl halides is 2. The van der Waals surface area contributed by atoms with Crippen molar-refractivity contribution in [2.24, 2.45) is 0 Å². The summed E-state index contributed by atoms with van der Waals surface area (Å²) in [5.41, 5.74) is 0.0309. The smallest absolute Gasteiger partial charge is 0.325 e. The molecule has 5 nitrogen and oxygen atoms in total. The molecule has 0 saturated heterocycles. The summed E-state index contributed by atoms with van der Waals surface area (Å²) in [7, 11) is 0. The molecule has 1 aromatic carbocycles. The summed E-state index contributed by atoms with van der Waals surface area (Å²) in [6.07, 6.45) is 0. The standard InChI is InChI=1S/C11H10Cl3NO4/c1-2-19-11(16)10(14)9(13)7-5-6(15(17)18)3-4-8(7)12/h3-5,9-10H,2H2,1H3. The van der Waals surface area contributed by atoms with E-state index in [9.17, 15) is 14.9 Å². The Balaban J connectivity index is 3.04. The number of rotatable bonds is 5. The molecule has 0 amide bonds. The topological polar surface area (TPSA) is 69.4 Å². The molecule has 0 aliphatic rings. The number of hydrogen-bond acceptors (Lipinski definition) is 4. The fourth-order valence-electron chi connectivity index (χ4n) is 1.36. The molecule has 1 aromatic rings. The summed E-state index contributed by atoms with van der Waals surface area (Å²) in [6, 6.07) is 3.76. The van der Waals surface area contributed by atoms with Gasteiger partial charge in [0.15, 0.2) is 5.38 Å². The quantitative estimate of drug-likeness (QED) is 0.358. The second-order valence-corrected chi connectivity index (χ2v) is 4.87. The van der Waals surface area contributed by atoms with Gasteiger partial charge in [-0.2, -0.15) is 0 Å². The van der Waals surface area contributed by atoms with E-state index < -0.39 is 21.6 Å². The molecule has 0 aliphatic carbocycles. The Morgan fingerprint density at radius 3 is 2.63 bits per heavy atom. The Bertz CT molecular complexity index is 495. The Morgan fingerprint density at radius 1 is 1.47 bits per heavy atom. The molecule has 0 N–H and O–H groups in total. The summed E-state index contributed by atoms with van der Waals surface area (Å²) in [5, 5.41) is 8.68. The summed E-state index contributed by atoms with van der Waals surface area (Å²) in [6.45, 7) is 1.79. The second-order valence-electron chi connectivity index (χ2n) is 3.52. The first-order chi connectivity index (χ1) is 8.88. The lowest BCUT2D eigenvalue weighted by Crippen LogP contribution is -2.22. The van der Waals surface area contributed by atoms with Crippen LogP contribution in [0.25, 0.3) is 0 Å². The zero-order chi connectivity index (χ0) is 14.6. The molecule has 104 valence electrons. The van der Waals surface area contributed by atoms with Gasteiger partial charge >= 0.3 is 5.97 Å². The maximum Gasteiger partial charge on any atom is 0.325 e. The first kappa shape index (κ1) is 16.0. The lowest BCUT2D eigenvalue weighted by atomic mass is 10.1. The molecule has 0 heterocycles. The van der Waals surface area contributed by atoms with Crippen LogP contribution in [-0.4, -0.2) is 22.9 Å². The van der Waals surface area contributed by atoms with Crippen molar-refractivity contribution in [1.29, 1.82) is 0 Å². The maximum atomic E-state index is 11.5. The van der Waals surface area contributed by atoms with E-state index in [1.807, 2.05) is 0 Å². The molecule has 0 fully saturated rings.